The maximum atomic E-state index is 8.56. The fourth-order valence-corrected chi connectivity index (χ4v) is 1.67. The van der Waals surface area contributed by atoms with Crippen LogP contribution in [0.25, 0.3) is 0 Å². The van der Waals surface area contributed by atoms with Crippen molar-refractivity contribution in [2.75, 3.05) is 26.4 Å². The molecule has 0 saturated heterocycles. The number of aliphatic hydroxyl groups excluding tert-OH is 1. The molecule has 0 amide bonds. The molecule has 2 N–H and O–H groups in total. The van der Waals surface area contributed by atoms with Crippen molar-refractivity contribution in [1.29, 1.82) is 0 Å². The topological polar surface area (TPSA) is 41.5 Å². The summed E-state index contributed by atoms with van der Waals surface area (Å²) in [6, 6.07) is 9.03. The molecule has 1 atom stereocenters. The molecule has 0 aliphatic rings. The van der Waals surface area contributed by atoms with Crippen LogP contribution < -0.4 is 5.32 Å². The number of nitrogens with one attached hydrogen (secondary N) is 1. The number of hydrogen-bond donors (Lipinski definition) is 2. The Balaban J connectivity index is 2.28. The summed E-state index contributed by atoms with van der Waals surface area (Å²) in [7, 11) is 0. The van der Waals surface area contributed by atoms with Crippen molar-refractivity contribution in [2.24, 2.45) is 0 Å². The van der Waals surface area contributed by atoms with E-state index in [-0.39, 0.29) is 6.61 Å². The molecule has 1 aromatic carbocycles. The summed E-state index contributed by atoms with van der Waals surface area (Å²) >= 11 is 0. The van der Waals surface area contributed by atoms with Crippen molar-refractivity contribution in [3.63, 3.8) is 0 Å². The van der Waals surface area contributed by atoms with Gasteiger partial charge in [0, 0.05) is 12.6 Å². The summed E-state index contributed by atoms with van der Waals surface area (Å²) in [6.45, 7) is 6.26. The Morgan fingerprint density at radius 2 is 1.94 bits per heavy atom. The molecule has 0 aliphatic heterocycles. The second kappa shape index (κ2) is 8.23. The largest absolute Gasteiger partial charge is 0.394 e. The average molecular weight is 237 g/mol. The standard InChI is InChI=1S/C14H23NO2/c1-3-13-4-6-14(7-5-13)12(2)15-8-10-17-11-9-16/h4-7,12,15-16H,3,8-11H2,1-2H3. The summed E-state index contributed by atoms with van der Waals surface area (Å²) in [6.07, 6.45) is 1.08. The van der Waals surface area contributed by atoms with Crippen molar-refractivity contribution in [3.8, 4) is 0 Å². The van der Waals surface area contributed by atoms with E-state index in [0.29, 0.717) is 19.3 Å². The lowest BCUT2D eigenvalue weighted by Crippen LogP contribution is -2.23. The number of ether oxygens (including phenoxy) is 1. The van der Waals surface area contributed by atoms with Gasteiger partial charge >= 0.3 is 0 Å². The van der Waals surface area contributed by atoms with Gasteiger partial charge in [-0.05, 0) is 24.5 Å². The van der Waals surface area contributed by atoms with Crippen molar-refractivity contribution in [3.05, 3.63) is 35.4 Å². The van der Waals surface area contributed by atoms with Gasteiger partial charge < -0.3 is 15.2 Å². The van der Waals surface area contributed by atoms with Gasteiger partial charge in [-0.1, -0.05) is 31.2 Å². The van der Waals surface area contributed by atoms with E-state index in [1.165, 1.54) is 11.1 Å². The predicted octanol–water partition coefficient (Wildman–Crippen LogP) is 1.91. The molecule has 0 radical (unpaired) electrons. The molecule has 1 aromatic rings. The summed E-state index contributed by atoms with van der Waals surface area (Å²) in [5.74, 6) is 0. The van der Waals surface area contributed by atoms with Gasteiger partial charge in [0.1, 0.15) is 0 Å². The summed E-state index contributed by atoms with van der Waals surface area (Å²) in [4.78, 5) is 0. The monoisotopic (exact) mass is 237 g/mol. The smallest absolute Gasteiger partial charge is 0.0698 e. The molecule has 0 aromatic heterocycles. The number of aliphatic hydroxyl groups is 1. The second-order valence-electron chi connectivity index (χ2n) is 4.11. The van der Waals surface area contributed by atoms with E-state index < -0.39 is 0 Å². The van der Waals surface area contributed by atoms with E-state index in [2.05, 4.69) is 43.4 Å². The highest BCUT2D eigenvalue weighted by atomic mass is 16.5. The molecular weight excluding hydrogens is 214 g/mol. The van der Waals surface area contributed by atoms with E-state index >= 15 is 0 Å². The normalized spacial score (nSPS) is 12.6. The van der Waals surface area contributed by atoms with Gasteiger partial charge in [0.25, 0.3) is 0 Å². The molecule has 3 nitrogen and oxygen atoms in total. The minimum absolute atomic E-state index is 0.0913. The molecule has 0 spiro atoms. The van der Waals surface area contributed by atoms with E-state index in [1.54, 1.807) is 0 Å². The van der Waals surface area contributed by atoms with Crippen molar-refractivity contribution >= 4 is 0 Å². The Hall–Kier alpha value is -0.900. The lowest BCUT2D eigenvalue weighted by molar-refractivity contribution is 0.0928. The number of hydrogen-bond acceptors (Lipinski definition) is 3. The Labute approximate surface area is 104 Å². The van der Waals surface area contributed by atoms with Gasteiger partial charge in [0.15, 0.2) is 0 Å². The lowest BCUT2D eigenvalue weighted by atomic mass is 10.1. The Morgan fingerprint density at radius 1 is 1.24 bits per heavy atom. The van der Waals surface area contributed by atoms with Crippen LogP contribution in [0.15, 0.2) is 24.3 Å². The molecule has 3 heteroatoms. The highest BCUT2D eigenvalue weighted by molar-refractivity contribution is 5.24. The molecule has 0 heterocycles. The zero-order valence-corrected chi connectivity index (χ0v) is 10.8. The Morgan fingerprint density at radius 3 is 2.53 bits per heavy atom. The van der Waals surface area contributed by atoms with Gasteiger partial charge in [-0.3, -0.25) is 0 Å². The minimum atomic E-state index is 0.0913. The summed E-state index contributed by atoms with van der Waals surface area (Å²) in [5, 5.41) is 11.9. The third-order valence-corrected chi connectivity index (χ3v) is 2.82. The SMILES string of the molecule is CCc1ccc(C(C)NCCOCCO)cc1. The number of aryl methyl sites for hydroxylation is 1. The van der Waals surface area contributed by atoms with Crippen LogP contribution in [0.2, 0.25) is 0 Å². The van der Waals surface area contributed by atoms with E-state index in [1.807, 2.05) is 0 Å². The molecular formula is C14H23NO2. The molecule has 96 valence electrons. The molecule has 0 aliphatic carbocycles. The first-order valence-electron chi connectivity index (χ1n) is 6.28. The van der Waals surface area contributed by atoms with Gasteiger partial charge in [-0.25, -0.2) is 0 Å². The van der Waals surface area contributed by atoms with Gasteiger partial charge in [0.2, 0.25) is 0 Å². The third kappa shape index (κ3) is 5.31. The van der Waals surface area contributed by atoms with Gasteiger partial charge in [0.05, 0.1) is 19.8 Å². The first kappa shape index (κ1) is 14.2. The van der Waals surface area contributed by atoms with E-state index in [9.17, 15) is 0 Å². The number of rotatable bonds is 8. The zero-order chi connectivity index (χ0) is 12.5. The molecule has 0 saturated carbocycles. The average Bonchev–Trinajstić information content (AvgIpc) is 2.38. The van der Waals surface area contributed by atoms with Crippen LogP contribution in [0.3, 0.4) is 0 Å². The first-order valence-corrected chi connectivity index (χ1v) is 6.28. The van der Waals surface area contributed by atoms with Crippen LogP contribution in [0.1, 0.15) is 31.0 Å². The Bertz CT molecular complexity index is 298. The highest BCUT2D eigenvalue weighted by Gasteiger charge is 2.03. The highest BCUT2D eigenvalue weighted by Crippen LogP contribution is 2.13. The fourth-order valence-electron chi connectivity index (χ4n) is 1.67. The molecule has 0 bridgehead atoms. The van der Waals surface area contributed by atoms with Gasteiger partial charge in [-0.15, -0.1) is 0 Å². The van der Waals surface area contributed by atoms with Crippen LogP contribution >= 0.6 is 0 Å². The predicted molar refractivity (Wildman–Crippen MR) is 70.1 cm³/mol. The van der Waals surface area contributed by atoms with Crippen molar-refractivity contribution in [2.45, 2.75) is 26.3 Å². The van der Waals surface area contributed by atoms with Crippen LogP contribution in [-0.4, -0.2) is 31.5 Å². The zero-order valence-electron chi connectivity index (χ0n) is 10.8. The van der Waals surface area contributed by atoms with E-state index in [0.717, 1.165) is 13.0 Å². The maximum absolute atomic E-state index is 8.56. The molecule has 1 unspecified atom stereocenters. The molecule has 17 heavy (non-hydrogen) atoms. The quantitative estimate of drug-likeness (QED) is 0.679. The van der Waals surface area contributed by atoms with Gasteiger partial charge in [-0.2, -0.15) is 0 Å². The van der Waals surface area contributed by atoms with Crippen LogP contribution in [0.4, 0.5) is 0 Å². The van der Waals surface area contributed by atoms with Crippen LogP contribution in [0, 0.1) is 0 Å². The third-order valence-electron chi connectivity index (χ3n) is 2.82. The van der Waals surface area contributed by atoms with Crippen molar-refractivity contribution < 1.29 is 9.84 Å². The van der Waals surface area contributed by atoms with Crippen LogP contribution in [0.5, 0.6) is 0 Å². The van der Waals surface area contributed by atoms with Crippen LogP contribution in [-0.2, 0) is 11.2 Å². The molecule has 1 rings (SSSR count). The fraction of sp³-hybridized carbons (Fsp3) is 0.571. The maximum Gasteiger partial charge on any atom is 0.0698 e. The minimum Gasteiger partial charge on any atom is -0.394 e. The lowest BCUT2D eigenvalue weighted by Gasteiger charge is -2.14. The second-order valence-corrected chi connectivity index (χ2v) is 4.11. The first-order chi connectivity index (χ1) is 8.27. The molecule has 0 fully saturated rings. The van der Waals surface area contributed by atoms with Crippen molar-refractivity contribution in [1.82, 2.24) is 5.32 Å². The van der Waals surface area contributed by atoms with E-state index in [4.69, 9.17) is 9.84 Å². The Kier molecular flexibility index (Phi) is 6.86. The number of benzene rings is 1. The summed E-state index contributed by atoms with van der Waals surface area (Å²) < 4.78 is 5.19. The summed E-state index contributed by atoms with van der Waals surface area (Å²) in [5.41, 5.74) is 2.66.